The second-order valence-corrected chi connectivity index (χ2v) is 8.87. The van der Waals surface area contributed by atoms with Crippen molar-refractivity contribution >= 4 is 39.3 Å². The van der Waals surface area contributed by atoms with E-state index in [1.165, 1.54) is 17.2 Å². The summed E-state index contributed by atoms with van der Waals surface area (Å²) in [5, 5.41) is 2.98. The molecule has 1 N–H and O–H groups in total. The molecule has 1 saturated heterocycles. The van der Waals surface area contributed by atoms with Gasteiger partial charge in [0.15, 0.2) is 11.5 Å². The summed E-state index contributed by atoms with van der Waals surface area (Å²) in [5.74, 6) is 3.38. The molecule has 5 nitrogen and oxygen atoms in total. The highest BCUT2D eigenvalue weighted by Crippen LogP contribution is 2.36. The third-order valence-corrected chi connectivity index (χ3v) is 6.24. The van der Waals surface area contributed by atoms with Crippen molar-refractivity contribution in [3.63, 3.8) is 0 Å². The van der Waals surface area contributed by atoms with Gasteiger partial charge in [-0.3, -0.25) is 4.79 Å². The molecule has 0 bridgehead atoms. The molecule has 0 saturated carbocycles. The van der Waals surface area contributed by atoms with E-state index in [0.29, 0.717) is 34.7 Å². The molecule has 0 spiro atoms. The molecule has 7 heteroatoms. The molecule has 1 aliphatic heterocycles. The first-order chi connectivity index (χ1) is 14.1. The molecule has 1 amide bonds. The van der Waals surface area contributed by atoms with Crippen LogP contribution in [0.25, 0.3) is 0 Å². The smallest absolute Gasteiger partial charge is 0.251 e. The molecule has 0 radical (unpaired) electrons. The summed E-state index contributed by atoms with van der Waals surface area (Å²) in [6, 6.07) is 11.9. The minimum atomic E-state index is -0.150. The van der Waals surface area contributed by atoms with Crippen LogP contribution in [0.3, 0.4) is 0 Å². The highest BCUT2D eigenvalue weighted by Gasteiger charge is 2.16. The highest BCUT2D eigenvalue weighted by atomic mass is 79.9. The fourth-order valence-electron chi connectivity index (χ4n) is 3.13. The van der Waals surface area contributed by atoms with E-state index in [-0.39, 0.29) is 5.91 Å². The largest absolute Gasteiger partial charge is 0.493 e. The van der Waals surface area contributed by atoms with Crippen LogP contribution < -0.4 is 19.7 Å². The Morgan fingerprint density at radius 3 is 2.59 bits per heavy atom. The quantitative estimate of drug-likeness (QED) is 0.594. The molecule has 0 unspecified atom stereocenters. The summed E-state index contributed by atoms with van der Waals surface area (Å²) >= 11 is 5.49. The zero-order valence-electron chi connectivity index (χ0n) is 16.9. The molecule has 3 rings (SSSR count). The zero-order valence-corrected chi connectivity index (χ0v) is 19.3. The third-order valence-electron chi connectivity index (χ3n) is 4.71. The molecule has 1 aliphatic rings. The average molecular weight is 479 g/mol. The number of methoxy groups -OCH3 is 1. The van der Waals surface area contributed by atoms with E-state index in [0.717, 1.165) is 25.1 Å². The van der Waals surface area contributed by atoms with Gasteiger partial charge in [-0.05, 0) is 52.2 Å². The predicted molar refractivity (Wildman–Crippen MR) is 124 cm³/mol. The molecule has 29 heavy (non-hydrogen) atoms. The SMILES string of the molecule is CCCOc1c(Br)cc(C(=O)NCc2ccc(N3CCSCC3)cc2)cc1OC. The summed E-state index contributed by atoms with van der Waals surface area (Å²) in [5.41, 5.74) is 2.85. The second-order valence-electron chi connectivity index (χ2n) is 6.79. The van der Waals surface area contributed by atoms with Gasteiger partial charge in [-0.2, -0.15) is 11.8 Å². The molecule has 1 fully saturated rings. The molecule has 0 atom stereocenters. The monoisotopic (exact) mass is 478 g/mol. The normalized spacial score (nSPS) is 13.8. The first kappa shape index (κ1) is 21.8. The Kier molecular flexibility index (Phi) is 8.12. The van der Waals surface area contributed by atoms with Crippen molar-refractivity contribution in [2.75, 3.05) is 43.2 Å². The lowest BCUT2D eigenvalue weighted by Crippen LogP contribution is -2.32. The summed E-state index contributed by atoms with van der Waals surface area (Å²) in [6.07, 6.45) is 0.896. The van der Waals surface area contributed by atoms with Gasteiger partial charge in [0, 0.05) is 42.4 Å². The minimum absolute atomic E-state index is 0.150. The molecule has 0 aromatic heterocycles. The van der Waals surface area contributed by atoms with E-state index in [1.54, 1.807) is 19.2 Å². The Bertz CT molecular complexity index is 824. The van der Waals surface area contributed by atoms with Crippen molar-refractivity contribution in [3.8, 4) is 11.5 Å². The van der Waals surface area contributed by atoms with Gasteiger partial charge in [0.2, 0.25) is 0 Å². The van der Waals surface area contributed by atoms with Gasteiger partial charge in [0.25, 0.3) is 5.91 Å². The molecule has 156 valence electrons. The fourth-order valence-corrected chi connectivity index (χ4v) is 4.59. The van der Waals surface area contributed by atoms with Gasteiger partial charge >= 0.3 is 0 Å². The number of hydrogen-bond acceptors (Lipinski definition) is 5. The Morgan fingerprint density at radius 2 is 1.93 bits per heavy atom. The predicted octanol–water partition coefficient (Wildman–Crippen LogP) is 4.73. The number of hydrogen-bond donors (Lipinski definition) is 1. The third kappa shape index (κ3) is 5.82. The number of ether oxygens (including phenoxy) is 2. The number of halogens is 1. The fraction of sp³-hybridized carbons (Fsp3) is 0.409. The van der Waals surface area contributed by atoms with Crippen LogP contribution in [0.5, 0.6) is 11.5 Å². The number of thioether (sulfide) groups is 1. The maximum Gasteiger partial charge on any atom is 0.251 e. The van der Waals surface area contributed by atoms with Gasteiger partial charge in [-0.25, -0.2) is 0 Å². The van der Waals surface area contributed by atoms with Crippen LogP contribution in [0, 0.1) is 0 Å². The number of benzene rings is 2. The zero-order chi connectivity index (χ0) is 20.6. The molecule has 2 aromatic carbocycles. The summed E-state index contributed by atoms with van der Waals surface area (Å²) in [7, 11) is 1.57. The number of anilines is 1. The van der Waals surface area contributed by atoms with Crippen LogP contribution in [-0.4, -0.2) is 44.2 Å². The number of carbonyl (C=O) groups is 1. The summed E-state index contributed by atoms with van der Waals surface area (Å²) < 4.78 is 11.8. The van der Waals surface area contributed by atoms with Crippen LogP contribution in [0.1, 0.15) is 29.3 Å². The van der Waals surface area contributed by atoms with E-state index in [9.17, 15) is 4.79 Å². The Morgan fingerprint density at radius 1 is 1.21 bits per heavy atom. The maximum atomic E-state index is 12.6. The molecule has 0 aliphatic carbocycles. The van der Waals surface area contributed by atoms with Crippen molar-refractivity contribution in [1.82, 2.24) is 5.32 Å². The maximum absolute atomic E-state index is 12.6. The van der Waals surface area contributed by atoms with Crippen LogP contribution in [0.15, 0.2) is 40.9 Å². The average Bonchev–Trinajstić information content (AvgIpc) is 2.77. The first-order valence-corrected chi connectivity index (χ1v) is 11.8. The van der Waals surface area contributed by atoms with Crippen molar-refractivity contribution < 1.29 is 14.3 Å². The van der Waals surface area contributed by atoms with Gasteiger partial charge < -0.3 is 19.7 Å². The molecule has 2 aromatic rings. The van der Waals surface area contributed by atoms with E-state index in [4.69, 9.17) is 9.47 Å². The van der Waals surface area contributed by atoms with Gasteiger partial charge in [0.1, 0.15) is 0 Å². The van der Waals surface area contributed by atoms with E-state index in [2.05, 4.69) is 50.4 Å². The molecule has 1 heterocycles. The lowest BCUT2D eigenvalue weighted by atomic mass is 10.1. The number of carbonyl (C=O) groups excluding carboxylic acids is 1. The highest BCUT2D eigenvalue weighted by molar-refractivity contribution is 9.10. The topological polar surface area (TPSA) is 50.8 Å². The van der Waals surface area contributed by atoms with E-state index >= 15 is 0 Å². The van der Waals surface area contributed by atoms with Crippen molar-refractivity contribution in [2.24, 2.45) is 0 Å². The number of amides is 1. The van der Waals surface area contributed by atoms with Gasteiger partial charge in [-0.15, -0.1) is 0 Å². The summed E-state index contributed by atoms with van der Waals surface area (Å²) in [6.45, 7) is 5.29. The Labute approximate surface area is 185 Å². The van der Waals surface area contributed by atoms with Crippen LogP contribution >= 0.6 is 27.7 Å². The minimum Gasteiger partial charge on any atom is -0.493 e. The standard InChI is InChI=1S/C22H27BrN2O3S/c1-3-10-28-21-19(23)13-17(14-20(21)27-2)22(26)24-15-16-4-6-18(7-5-16)25-8-11-29-12-9-25/h4-7,13-14H,3,8-12,15H2,1-2H3,(H,24,26). The second kappa shape index (κ2) is 10.8. The van der Waals surface area contributed by atoms with Crippen molar-refractivity contribution in [3.05, 3.63) is 52.0 Å². The Hall–Kier alpha value is -1.86. The van der Waals surface area contributed by atoms with Crippen LogP contribution in [0.2, 0.25) is 0 Å². The van der Waals surface area contributed by atoms with Crippen molar-refractivity contribution in [1.29, 1.82) is 0 Å². The molecular formula is C22H27BrN2O3S. The number of nitrogens with one attached hydrogen (secondary N) is 1. The lowest BCUT2D eigenvalue weighted by molar-refractivity contribution is 0.0950. The van der Waals surface area contributed by atoms with Gasteiger partial charge in [0.05, 0.1) is 18.2 Å². The van der Waals surface area contributed by atoms with Crippen molar-refractivity contribution in [2.45, 2.75) is 19.9 Å². The van der Waals surface area contributed by atoms with Crippen LogP contribution in [0.4, 0.5) is 5.69 Å². The van der Waals surface area contributed by atoms with Gasteiger partial charge in [-0.1, -0.05) is 19.1 Å². The summed E-state index contributed by atoms with van der Waals surface area (Å²) in [4.78, 5) is 15.0. The number of nitrogens with zero attached hydrogens (tertiary/aromatic N) is 1. The first-order valence-electron chi connectivity index (χ1n) is 9.82. The Balaban J connectivity index is 1.62. The molecular weight excluding hydrogens is 452 g/mol. The van der Waals surface area contributed by atoms with E-state index in [1.807, 2.05) is 18.7 Å². The van der Waals surface area contributed by atoms with Crippen LogP contribution in [-0.2, 0) is 6.54 Å². The lowest BCUT2D eigenvalue weighted by Gasteiger charge is -2.28. The van der Waals surface area contributed by atoms with E-state index < -0.39 is 0 Å². The number of rotatable bonds is 8.